The van der Waals surface area contributed by atoms with Crippen LogP contribution in [0.1, 0.15) is 62.0 Å². The molecule has 2 aliphatic rings. The first-order chi connectivity index (χ1) is 21.7. The van der Waals surface area contributed by atoms with Crippen LogP contribution in [0.2, 0.25) is 10.0 Å². The summed E-state index contributed by atoms with van der Waals surface area (Å²) < 4.78 is 191. The van der Waals surface area contributed by atoms with Gasteiger partial charge in [-0.05, 0) is 56.4 Å². The number of urea groups is 1. The minimum Gasteiger partial charge on any atom is -0.368 e. The van der Waals surface area contributed by atoms with Crippen LogP contribution in [0.4, 0.5) is 10.5 Å². The van der Waals surface area contributed by atoms with E-state index in [1.54, 1.807) is 0 Å². The standard InChI is InChI=1S/C21H32Cl2N4O/c1-25(2)21(28)24-17-8-6-16(7-9-17)10-11-26-12-14-27(15-13-26)19-5-3-4-18(22)20(19)23/h3-5,16-17H,6-15H2,1-2H3,(H,24,28)/i6D2,7D2,8D2,9D2,10D2,11D2,12D2,13D2,14D2,15D2,16D,17D. The van der Waals surface area contributed by atoms with Crippen LogP contribution in [-0.4, -0.2) is 68.4 Å². The summed E-state index contributed by atoms with van der Waals surface area (Å²) in [6.07, 6.45) is -22.9. The molecule has 0 bridgehead atoms. The molecule has 1 aromatic rings. The number of hydrogen-bond acceptors (Lipinski definition) is 3. The summed E-state index contributed by atoms with van der Waals surface area (Å²) in [6.45, 7) is -21.4. The van der Waals surface area contributed by atoms with Crippen molar-refractivity contribution in [1.82, 2.24) is 15.1 Å². The van der Waals surface area contributed by atoms with E-state index >= 15 is 0 Å². The lowest BCUT2D eigenvalue weighted by molar-refractivity contribution is 0.194. The minimum atomic E-state index is -4.91. The van der Waals surface area contributed by atoms with Gasteiger partial charge in [-0.1, -0.05) is 29.3 Å². The van der Waals surface area contributed by atoms with Crippen LogP contribution in [0.15, 0.2) is 18.2 Å². The van der Waals surface area contributed by atoms with Crippen LogP contribution in [0, 0.1) is 5.89 Å². The van der Waals surface area contributed by atoms with E-state index < -0.39 is 97.9 Å². The Bertz CT molecular complexity index is 1500. The van der Waals surface area contributed by atoms with Crippen LogP contribution in [-0.2, 0) is 0 Å². The molecule has 1 saturated heterocycles. The maximum absolute atomic E-state index is 12.5. The molecule has 156 valence electrons. The van der Waals surface area contributed by atoms with Crippen LogP contribution in [0.25, 0.3) is 0 Å². The first-order valence-corrected chi connectivity index (χ1v) is 8.54. The molecule has 0 radical (unpaired) electrons. The highest BCUT2D eigenvalue weighted by Gasteiger charge is 2.24. The van der Waals surface area contributed by atoms with E-state index in [2.05, 4.69) is 0 Å². The van der Waals surface area contributed by atoms with Crippen LogP contribution in [0.5, 0.6) is 0 Å². The maximum Gasteiger partial charge on any atom is 0.317 e. The molecule has 1 saturated carbocycles. The number of nitrogens with zero attached hydrogens (tertiary/aromatic N) is 3. The summed E-state index contributed by atoms with van der Waals surface area (Å²) in [5.74, 6) is -4.84. The Balaban J connectivity index is 2.43. The lowest BCUT2D eigenvalue weighted by Crippen LogP contribution is -2.47. The molecule has 1 heterocycles. The van der Waals surface area contributed by atoms with Crippen molar-refractivity contribution in [3.8, 4) is 0 Å². The highest BCUT2D eigenvalue weighted by molar-refractivity contribution is 6.43. The third kappa shape index (κ3) is 5.68. The van der Waals surface area contributed by atoms with Gasteiger partial charge in [0.15, 0.2) is 0 Å². The third-order valence-electron chi connectivity index (χ3n) is 3.28. The predicted octanol–water partition coefficient (Wildman–Crippen LogP) is 4.34. The quantitative estimate of drug-likeness (QED) is 0.727. The monoisotopic (exact) mass is 448 g/mol. The van der Waals surface area contributed by atoms with Crippen LogP contribution < -0.4 is 10.2 Å². The number of carbonyl (C=O) groups is 1. The fourth-order valence-corrected chi connectivity index (χ4v) is 2.25. The second-order valence-electron chi connectivity index (χ2n) is 5.50. The Labute approximate surface area is 209 Å². The third-order valence-corrected chi connectivity index (χ3v) is 4.08. The van der Waals surface area contributed by atoms with E-state index in [1.807, 2.05) is 0 Å². The number of piperazine rings is 1. The SMILES string of the molecule is [2H]C1([2H])N(c2cccc(Cl)c2Cl)C([2H])([2H])C([2H])([2H])N(C([2H])([2H])C([2H])([2H])C2([2H])C([2H])([2H])C([2H])([2H])C([2H])(NC(=O)N(C)C)C([2H])([2H])C2([2H])[2H])C1([2H])[2H]. The molecule has 0 atom stereocenters. The highest BCUT2D eigenvalue weighted by Crippen LogP contribution is 2.33. The molecular weight excluding hydrogens is 395 g/mol. The first-order valence-electron chi connectivity index (χ1n) is 18.8. The molecule has 1 N–H and O–H groups in total. The van der Waals surface area contributed by atoms with E-state index in [4.69, 9.17) is 53.4 Å². The van der Waals surface area contributed by atoms with Gasteiger partial charge in [0.2, 0.25) is 0 Å². The zero-order chi connectivity index (χ0) is 39.9. The lowest BCUT2D eigenvalue weighted by Gasteiger charge is -2.37. The molecule has 2 amide bonds. The van der Waals surface area contributed by atoms with Crippen LogP contribution >= 0.6 is 23.2 Å². The molecule has 1 aromatic carbocycles. The zero-order valence-corrected chi connectivity index (χ0v) is 16.2. The van der Waals surface area contributed by atoms with E-state index in [0.29, 0.717) is 4.90 Å². The second kappa shape index (κ2) is 10.0. The molecule has 1 aliphatic carbocycles. The van der Waals surface area contributed by atoms with Gasteiger partial charge in [0.1, 0.15) is 0 Å². The van der Waals surface area contributed by atoms with Gasteiger partial charge >= 0.3 is 6.03 Å². The van der Waals surface area contributed by atoms with E-state index in [0.717, 1.165) is 26.2 Å². The summed E-state index contributed by atoms with van der Waals surface area (Å²) in [5.41, 5.74) is -0.755. The summed E-state index contributed by atoms with van der Waals surface area (Å²) in [5, 5.41) is 0.577. The minimum absolute atomic E-state index is 0.162. The number of hydrogen-bond donors (Lipinski definition) is 1. The molecule has 7 heteroatoms. The molecule has 2 fully saturated rings. The van der Waals surface area contributed by atoms with Gasteiger partial charge in [0.25, 0.3) is 0 Å². The topological polar surface area (TPSA) is 38.8 Å². The largest absolute Gasteiger partial charge is 0.368 e. The molecule has 0 aromatic heterocycles. The predicted molar refractivity (Wildman–Crippen MR) is 118 cm³/mol. The number of nitrogens with one attached hydrogen (secondary N) is 1. The van der Waals surface area contributed by atoms with Crippen LogP contribution in [0.3, 0.4) is 0 Å². The summed E-state index contributed by atoms with van der Waals surface area (Å²) in [6, 6.07) is -2.31. The van der Waals surface area contributed by atoms with Gasteiger partial charge in [0.05, 0.1) is 22.6 Å². The number of amides is 2. The normalized spacial score (nSPS) is 55.8. The summed E-state index contributed by atoms with van der Waals surface area (Å²) in [7, 11) is 2.08. The number of halogens is 2. The van der Waals surface area contributed by atoms with E-state index in [-0.39, 0.29) is 9.92 Å². The molecule has 1 aliphatic heterocycles. The van der Waals surface area contributed by atoms with Gasteiger partial charge in [-0.2, -0.15) is 0 Å². The van der Waals surface area contributed by atoms with Crippen molar-refractivity contribution < 1.29 is 35.0 Å². The molecule has 0 spiro atoms. The molecule has 28 heavy (non-hydrogen) atoms. The van der Waals surface area contributed by atoms with Crippen molar-refractivity contribution in [2.24, 2.45) is 5.89 Å². The van der Waals surface area contributed by atoms with Crippen molar-refractivity contribution >= 4 is 34.9 Å². The average Bonchev–Trinajstić information content (AvgIpc) is 2.91. The van der Waals surface area contributed by atoms with Gasteiger partial charge in [0, 0.05) is 69.4 Å². The Morgan fingerprint density at radius 1 is 1.25 bits per heavy atom. The maximum atomic E-state index is 12.5. The van der Waals surface area contributed by atoms with Gasteiger partial charge in [-0.25, -0.2) is 4.79 Å². The lowest BCUT2D eigenvalue weighted by atomic mass is 9.84. The fourth-order valence-electron chi connectivity index (χ4n) is 1.87. The summed E-state index contributed by atoms with van der Waals surface area (Å²) >= 11 is 12.1. The zero-order valence-electron chi connectivity index (χ0n) is 36.7. The molecule has 3 rings (SSSR count). The van der Waals surface area contributed by atoms with Crippen molar-refractivity contribution in [3.05, 3.63) is 28.2 Å². The highest BCUT2D eigenvalue weighted by atomic mass is 35.5. The fraction of sp³-hybridized carbons (Fsp3) is 0.667. The van der Waals surface area contributed by atoms with E-state index in [1.165, 1.54) is 11.4 Å². The molecular formula is C21H32Cl2N4O. The number of carbonyl (C=O) groups excluding carboxylic acids is 1. The molecule has 5 nitrogen and oxygen atoms in total. The number of benzene rings is 1. The average molecular weight is 450 g/mol. The van der Waals surface area contributed by atoms with Gasteiger partial charge in [-0.3, -0.25) is 4.90 Å². The number of rotatable bonds is 5. The van der Waals surface area contributed by atoms with E-state index in [9.17, 15) is 4.79 Å². The Kier molecular flexibility index (Phi) is 2.48. The Morgan fingerprint density at radius 2 is 1.93 bits per heavy atom. The Hall–Kier alpha value is -1.17. The van der Waals surface area contributed by atoms with Crippen molar-refractivity contribution in [1.29, 1.82) is 0 Å². The van der Waals surface area contributed by atoms with Crippen molar-refractivity contribution in [2.75, 3.05) is 51.5 Å². The Morgan fingerprint density at radius 3 is 2.57 bits per heavy atom. The number of anilines is 1. The van der Waals surface area contributed by atoms with Gasteiger partial charge in [-0.15, -0.1) is 0 Å². The van der Waals surface area contributed by atoms with Crippen molar-refractivity contribution in [3.63, 3.8) is 0 Å². The smallest absolute Gasteiger partial charge is 0.317 e. The van der Waals surface area contributed by atoms with Gasteiger partial charge < -0.3 is 15.1 Å². The summed E-state index contributed by atoms with van der Waals surface area (Å²) in [4.78, 5) is 12.0. The first kappa shape index (κ1) is 6.93. The van der Waals surface area contributed by atoms with Crippen molar-refractivity contribution in [2.45, 2.75) is 37.9 Å². The molecule has 0 unspecified atom stereocenters. The second-order valence-corrected chi connectivity index (χ2v) is 6.29.